The maximum atomic E-state index is 5.33. The lowest BCUT2D eigenvalue weighted by Gasteiger charge is -2.13. The van der Waals surface area contributed by atoms with E-state index in [1.165, 1.54) is 0 Å². The van der Waals surface area contributed by atoms with Crippen molar-refractivity contribution in [3.05, 3.63) is 24.2 Å². The fourth-order valence-electron chi connectivity index (χ4n) is 1.78. The van der Waals surface area contributed by atoms with Gasteiger partial charge in [0.2, 0.25) is 0 Å². The van der Waals surface area contributed by atoms with Gasteiger partial charge in [0.05, 0.1) is 19.1 Å². The average molecular weight is 365 g/mol. The number of hydrogen-bond acceptors (Lipinski definition) is 3. The number of nitrogens with zero attached hydrogens (tertiary/aromatic N) is 1. The van der Waals surface area contributed by atoms with Crippen molar-refractivity contribution < 1.29 is 9.15 Å². The van der Waals surface area contributed by atoms with Crippen molar-refractivity contribution in [3.8, 4) is 0 Å². The number of guanidine groups is 1. The first-order valence-electron chi connectivity index (χ1n) is 5.92. The van der Waals surface area contributed by atoms with Gasteiger partial charge in [-0.25, -0.2) is 0 Å². The predicted molar refractivity (Wildman–Crippen MR) is 81.3 cm³/mol. The molecule has 102 valence electrons. The van der Waals surface area contributed by atoms with Crippen LogP contribution in [0.4, 0.5) is 0 Å². The molecule has 0 radical (unpaired) electrons. The van der Waals surface area contributed by atoms with Gasteiger partial charge in [0, 0.05) is 38.2 Å². The minimum absolute atomic E-state index is 0. The van der Waals surface area contributed by atoms with E-state index < -0.39 is 0 Å². The maximum absolute atomic E-state index is 5.33. The van der Waals surface area contributed by atoms with E-state index in [4.69, 9.17) is 9.15 Å². The van der Waals surface area contributed by atoms with Gasteiger partial charge in [-0.1, -0.05) is 0 Å². The molecule has 18 heavy (non-hydrogen) atoms. The molecule has 2 N–H and O–H groups in total. The van der Waals surface area contributed by atoms with Crippen LogP contribution in [-0.4, -0.2) is 32.8 Å². The molecule has 1 atom stereocenters. The molecule has 1 aromatic rings. The monoisotopic (exact) mass is 365 g/mol. The van der Waals surface area contributed by atoms with Crippen LogP contribution in [0.1, 0.15) is 12.0 Å². The lowest BCUT2D eigenvalue weighted by Crippen LogP contribution is -2.39. The van der Waals surface area contributed by atoms with Crippen LogP contribution >= 0.6 is 24.0 Å². The molecule has 1 aromatic heterocycles. The molecule has 0 bridgehead atoms. The van der Waals surface area contributed by atoms with Crippen molar-refractivity contribution in [2.75, 3.05) is 26.8 Å². The summed E-state index contributed by atoms with van der Waals surface area (Å²) in [5.74, 6) is 1.42. The Morgan fingerprint density at radius 3 is 3.00 bits per heavy atom. The zero-order valence-corrected chi connectivity index (χ0v) is 12.8. The van der Waals surface area contributed by atoms with E-state index in [0.29, 0.717) is 5.92 Å². The van der Waals surface area contributed by atoms with Crippen LogP contribution in [0.25, 0.3) is 0 Å². The number of aliphatic imine (C=N–C) groups is 1. The van der Waals surface area contributed by atoms with Crippen molar-refractivity contribution in [1.82, 2.24) is 10.6 Å². The fraction of sp³-hybridized carbons (Fsp3) is 0.583. The number of halogens is 1. The molecule has 0 aliphatic carbocycles. The molecule has 2 rings (SSSR count). The van der Waals surface area contributed by atoms with E-state index in [2.05, 4.69) is 15.6 Å². The summed E-state index contributed by atoms with van der Waals surface area (Å²) < 4.78 is 10.3. The topological polar surface area (TPSA) is 58.8 Å². The molecule has 0 spiro atoms. The number of furan rings is 1. The molecule has 0 aromatic carbocycles. The summed E-state index contributed by atoms with van der Waals surface area (Å²) in [6.07, 6.45) is 4.53. The molecule has 6 heteroatoms. The van der Waals surface area contributed by atoms with Crippen molar-refractivity contribution in [2.24, 2.45) is 10.9 Å². The van der Waals surface area contributed by atoms with Gasteiger partial charge in [-0.2, -0.15) is 0 Å². The molecule has 2 heterocycles. The minimum Gasteiger partial charge on any atom is -0.472 e. The second kappa shape index (κ2) is 8.36. The Balaban J connectivity index is 0.00000162. The lowest BCUT2D eigenvalue weighted by molar-refractivity contribution is 0.186. The molecular weight excluding hydrogens is 345 g/mol. The Labute approximate surface area is 124 Å². The average Bonchev–Trinajstić information content (AvgIpc) is 3.02. The smallest absolute Gasteiger partial charge is 0.191 e. The molecule has 0 saturated carbocycles. The SMILES string of the molecule is CN=C(NCc1ccoc1)NCC1CCOC1.I. The van der Waals surface area contributed by atoms with Crippen LogP contribution in [0, 0.1) is 5.92 Å². The zero-order valence-electron chi connectivity index (χ0n) is 10.5. The van der Waals surface area contributed by atoms with Crippen LogP contribution in [0.5, 0.6) is 0 Å². The fourth-order valence-corrected chi connectivity index (χ4v) is 1.78. The van der Waals surface area contributed by atoms with E-state index in [0.717, 1.165) is 44.2 Å². The van der Waals surface area contributed by atoms with E-state index in [9.17, 15) is 0 Å². The third-order valence-corrected chi connectivity index (χ3v) is 2.85. The van der Waals surface area contributed by atoms with Gasteiger partial charge in [-0.3, -0.25) is 4.99 Å². The number of rotatable bonds is 4. The van der Waals surface area contributed by atoms with Crippen LogP contribution in [-0.2, 0) is 11.3 Å². The number of hydrogen-bond donors (Lipinski definition) is 2. The van der Waals surface area contributed by atoms with Gasteiger partial charge in [0.15, 0.2) is 5.96 Å². The molecule has 1 fully saturated rings. The number of nitrogens with one attached hydrogen (secondary N) is 2. The van der Waals surface area contributed by atoms with Crippen molar-refractivity contribution in [3.63, 3.8) is 0 Å². The highest BCUT2D eigenvalue weighted by atomic mass is 127. The largest absolute Gasteiger partial charge is 0.472 e. The Morgan fingerprint density at radius 2 is 2.39 bits per heavy atom. The predicted octanol–water partition coefficient (Wildman–Crippen LogP) is 1.60. The van der Waals surface area contributed by atoms with Crippen LogP contribution in [0.3, 0.4) is 0 Å². The first kappa shape index (κ1) is 15.3. The molecule has 1 aliphatic rings. The van der Waals surface area contributed by atoms with Gasteiger partial charge in [-0.05, 0) is 12.5 Å². The highest BCUT2D eigenvalue weighted by Gasteiger charge is 2.15. The van der Waals surface area contributed by atoms with E-state index in [1.54, 1.807) is 19.6 Å². The van der Waals surface area contributed by atoms with E-state index in [-0.39, 0.29) is 24.0 Å². The molecule has 1 saturated heterocycles. The molecule has 0 amide bonds. The highest BCUT2D eigenvalue weighted by Crippen LogP contribution is 2.10. The van der Waals surface area contributed by atoms with Gasteiger partial charge in [0.25, 0.3) is 0 Å². The number of ether oxygens (including phenoxy) is 1. The minimum atomic E-state index is 0. The third kappa shape index (κ3) is 4.85. The van der Waals surface area contributed by atoms with Gasteiger partial charge in [0.1, 0.15) is 0 Å². The summed E-state index contributed by atoms with van der Waals surface area (Å²) in [6.45, 7) is 3.36. The van der Waals surface area contributed by atoms with Crippen molar-refractivity contribution in [1.29, 1.82) is 0 Å². The summed E-state index contributed by atoms with van der Waals surface area (Å²) in [5.41, 5.74) is 1.11. The van der Waals surface area contributed by atoms with Gasteiger partial charge < -0.3 is 19.8 Å². The Morgan fingerprint density at radius 1 is 1.50 bits per heavy atom. The van der Waals surface area contributed by atoms with Crippen LogP contribution in [0.2, 0.25) is 0 Å². The summed E-state index contributed by atoms with van der Waals surface area (Å²) in [4.78, 5) is 4.17. The Hall–Kier alpha value is -0.760. The van der Waals surface area contributed by atoms with Crippen molar-refractivity contribution >= 4 is 29.9 Å². The first-order chi connectivity index (χ1) is 8.38. The third-order valence-electron chi connectivity index (χ3n) is 2.85. The first-order valence-corrected chi connectivity index (χ1v) is 5.92. The van der Waals surface area contributed by atoms with Gasteiger partial charge in [-0.15, -0.1) is 24.0 Å². The summed E-state index contributed by atoms with van der Waals surface area (Å²) in [6, 6.07) is 1.94. The van der Waals surface area contributed by atoms with Crippen molar-refractivity contribution in [2.45, 2.75) is 13.0 Å². The van der Waals surface area contributed by atoms with E-state index >= 15 is 0 Å². The summed E-state index contributed by atoms with van der Waals surface area (Å²) in [5, 5.41) is 6.54. The van der Waals surface area contributed by atoms with Crippen LogP contribution < -0.4 is 10.6 Å². The molecule has 1 unspecified atom stereocenters. The maximum Gasteiger partial charge on any atom is 0.191 e. The quantitative estimate of drug-likeness (QED) is 0.484. The summed E-state index contributed by atoms with van der Waals surface area (Å²) in [7, 11) is 1.77. The Kier molecular flexibility index (Phi) is 7.11. The van der Waals surface area contributed by atoms with Crippen LogP contribution in [0.15, 0.2) is 28.0 Å². The lowest BCUT2D eigenvalue weighted by atomic mass is 10.1. The Bertz CT molecular complexity index is 348. The molecule has 5 nitrogen and oxygen atoms in total. The normalized spacial score (nSPS) is 19.4. The summed E-state index contributed by atoms with van der Waals surface area (Å²) >= 11 is 0. The standard InChI is InChI=1S/C12H19N3O2.HI/c1-13-12(14-6-10-2-4-16-8-10)15-7-11-3-5-17-9-11;/h2,4,8,11H,3,5-7,9H2,1H3,(H2,13,14,15);1H. The highest BCUT2D eigenvalue weighted by molar-refractivity contribution is 14.0. The second-order valence-electron chi connectivity index (χ2n) is 4.17. The molecular formula is C12H20IN3O2. The molecule has 1 aliphatic heterocycles. The van der Waals surface area contributed by atoms with E-state index in [1.807, 2.05) is 6.07 Å². The van der Waals surface area contributed by atoms with Gasteiger partial charge >= 0.3 is 0 Å². The zero-order chi connectivity index (χ0) is 11.9. The second-order valence-corrected chi connectivity index (χ2v) is 4.17.